The molecule has 0 spiro atoms. The molecule has 0 radical (unpaired) electrons. The summed E-state index contributed by atoms with van der Waals surface area (Å²) in [6, 6.07) is 3.78. The van der Waals surface area contributed by atoms with Crippen molar-refractivity contribution in [3.63, 3.8) is 0 Å². The van der Waals surface area contributed by atoms with E-state index in [4.69, 9.17) is 5.26 Å². The van der Waals surface area contributed by atoms with Crippen LogP contribution >= 0.6 is 11.8 Å². The van der Waals surface area contributed by atoms with Gasteiger partial charge in [0.15, 0.2) is 5.16 Å². The van der Waals surface area contributed by atoms with Crippen molar-refractivity contribution in [1.82, 2.24) is 9.97 Å². The maximum atomic E-state index is 11.2. The zero-order valence-corrected chi connectivity index (χ0v) is 11.9. The van der Waals surface area contributed by atoms with Crippen molar-refractivity contribution < 1.29 is 0 Å². The number of aromatic nitrogens is 2. The summed E-state index contributed by atoms with van der Waals surface area (Å²) in [6.45, 7) is 5.73. The van der Waals surface area contributed by atoms with Crippen molar-refractivity contribution in [2.24, 2.45) is 5.41 Å². The first-order valence-corrected chi connectivity index (χ1v) is 7.03. The van der Waals surface area contributed by atoms with Crippen LogP contribution in [-0.2, 0) is 0 Å². The van der Waals surface area contributed by atoms with E-state index in [0.29, 0.717) is 5.16 Å². The summed E-state index contributed by atoms with van der Waals surface area (Å²) in [5, 5.41) is 9.56. The van der Waals surface area contributed by atoms with Gasteiger partial charge in [-0.2, -0.15) is 5.26 Å². The van der Waals surface area contributed by atoms with Crippen LogP contribution in [0.25, 0.3) is 0 Å². The Balaban J connectivity index is 2.31. The lowest BCUT2D eigenvalue weighted by atomic mass is 9.89. The van der Waals surface area contributed by atoms with Gasteiger partial charge in [0.2, 0.25) is 0 Å². The normalized spacial score (nSPS) is 11.2. The minimum Gasteiger partial charge on any atom is -0.301 e. The van der Waals surface area contributed by atoms with Gasteiger partial charge in [-0.3, -0.25) is 4.79 Å². The van der Waals surface area contributed by atoms with Gasteiger partial charge in [0.25, 0.3) is 5.56 Å². The largest absolute Gasteiger partial charge is 0.301 e. The molecule has 0 amide bonds. The quantitative estimate of drug-likeness (QED) is 0.488. The van der Waals surface area contributed by atoms with Crippen LogP contribution in [-0.4, -0.2) is 15.7 Å². The number of hydrogen-bond donors (Lipinski definition) is 1. The third-order valence-electron chi connectivity index (χ3n) is 2.59. The molecule has 1 aromatic heterocycles. The summed E-state index contributed by atoms with van der Waals surface area (Å²) in [4.78, 5) is 18.2. The third kappa shape index (κ3) is 5.37. The number of hydrogen-bond acceptors (Lipinski definition) is 4. The number of nitriles is 1. The summed E-state index contributed by atoms with van der Waals surface area (Å²) >= 11 is 1.56. The molecule has 0 unspecified atom stereocenters. The molecule has 1 rings (SSSR count). The lowest BCUT2D eigenvalue weighted by Crippen LogP contribution is -2.08. The molecular weight excluding hydrogens is 246 g/mol. The van der Waals surface area contributed by atoms with Crippen LogP contribution in [0.15, 0.2) is 16.0 Å². The topological polar surface area (TPSA) is 69.5 Å². The molecule has 0 aromatic carbocycles. The molecule has 0 aliphatic rings. The molecule has 5 heteroatoms. The Kier molecular flexibility index (Phi) is 5.42. The summed E-state index contributed by atoms with van der Waals surface area (Å²) < 4.78 is 0. The minimum absolute atomic E-state index is 0.101. The van der Waals surface area contributed by atoms with Gasteiger partial charge in [0, 0.05) is 17.5 Å². The smallest absolute Gasteiger partial charge is 0.251 e. The van der Waals surface area contributed by atoms with E-state index in [2.05, 4.69) is 16.0 Å². The molecule has 0 atom stereocenters. The van der Waals surface area contributed by atoms with Gasteiger partial charge in [-0.15, -0.1) is 0 Å². The molecule has 1 aromatic rings. The molecule has 1 heterocycles. The van der Waals surface area contributed by atoms with E-state index in [1.165, 1.54) is 6.07 Å². The van der Waals surface area contributed by atoms with E-state index < -0.39 is 0 Å². The number of aromatic amines is 1. The van der Waals surface area contributed by atoms with Crippen LogP contribution in [0, 0.1) is 23.7 Å². The van der Waals surface area contributed by atoms with E-state index >= 15 is 0 Å². The van der Waals surface area contributed by atoms with Gasteiger partial charge < -0.3 is 4.98 Å². The van der Waals surface area contributed by atoms with Gasteiger partial charge in [0.1, 0.15) is 0 Å². The number of unbranched alkanes of at least 4 members (excludes halogenated alkanes) is 1. The standard InChI is InChI=1S/C13H19N3OS/c1-10-8-11(17)16-12(15-10)18-7-5-4-6-13(2,3)9-14/h8H,4-7H2,1-3H3,(H,15,16,17). The molecule has 0 saturated carbocycles. The van der Waals surface area contributed by atoms with Crippen LogP contribution in [0.4, 0.5) is 0 Å². The Labute approximate surface area is 112 Å². The second-order valence-corrected chi connectivity index (χ2v) is 6.08. The Hall–Kier alpha value is -1.28. The lowest BCUT2D eigenvalue weighted by molar-refractivity contribution is 0.433. The van der Waals surface area contributed by atoms with Crippen molar-refractivity contribution in [2.45, 2.75) is 45.2 Å². The number of H-pyrrole nitrogens is 1. The predicted octanol–water partition coefficient (Wildman–Crippen LogP) is 2.89. The van der Waals surface area contributed by atoms with E-state index in [9.17, 15) is 4.79 Å². The van der Waals surface area contributed by atoms with E-state index in [1.54, 1.807) is 11.8 Å². The lowest BCUT2D eigenvalue weighted by Gasteiger charge is -2.13. The first-order chi connectivity index (χ1) is 8.43. The van der Waals surface area contributed by atoms with Crippen LogP contribution in [0.5, 0.6) is 0 Å². The molecule has 0 bridgehead atoms. The molecule has 0 aliphatic carbocycles. The summed E-state index contributed by atoms with van der Waals surface area (Å²) in [7, 11) is 0. The monoisotopic (exact) mass is 265 g/mol. The van der Waals surface area contributed by atoms with Crippen LogP contribution in [0.2, 0.25) is 0 Å². The molecular formula is C13H19N3OS. The fourth-order valence-electron chi connectivity index (χ4n) is 1.51. The number of nitrogens with one attached hydrogen (secondary N) is 1. The van der Waals surface area contributed by atoms with Gasteiger partial charge in [0.05, 0.1) is 11.5 Å². The van der Waals surface area contributed by atoms with Gasteiger partial charge in [-0.05, 0) is 33.6 Å². The zero-order chi connectivity index (χ0) is 13.6. The number of nitrogens with zero attached hydrogens (tertiary/aromatic N) is 2. The van der Waals surface area contributed by atoms with Crippen molar-refractivity contribution in [3.8, 4) is 6.07 Å². The average molecular weight is 265 g/mol. The van der Waals surface area contributed by atoms with Crippen LogP contribution in [0.1, 0.15) is 38.8 Å². The van der Waals surface area contributed by atoms with E-state index in [1.807, 2.05) is 20.8 Å². The van der Waals surface area contributed by atoms with Crippen molar-refractivity contribution in [1.29, 1.82) is 5.26 Å². The Morgan fingerprint density at radius 1 is 1.50 bits per heavy atom. The second-order valence-electron chi connectivity index (χ2n) is 4.99. The summed E-state index contributed by atoms with van der Waals surface area (Å²) in [5.74, 6) is 0.911. The van der Waals surface area contributed by atoms with Gasteiger partial charge in [-0.25, -0.2) is 4.98 Å². The highest BCUT2D eigenvalue weighted by atomic mass is 32.2. The number of aryl methyl sites for hydroxylation is 1. The van der Waals surface area contributed by atoms with E-state index in [0.717, 1.165) is 30.7 Å². The third-order valence-corrected chi connectivity index (χ3v) is 3.55. The highest BCUT2D eigenvalue weighted by Crippen LogP contribution is 2.23. The SMILES string of the molecule is Cc1cc(=O)[nH]c(SCCCCC(C)(C)C#N)n1. The van der Waals surface area contributed by atoms with Crippen LogP contribution < -0.4 is 5.56 Å². The van der Waals surface area contributed by atoms with Crippen LogP contribution in [0.3, 0.4) is 0 Å². The summed E-state index contributed by atoms with van der Waals surface area (Å²) in [5.41, 5.74) is 0.406. The van der Waals surface area contributed by atoms with Crippen molar-refractivity contribution in [2.75, 3.05) is 5.75 Å². The van der Waals surface area contributed by atoms with Gasteiger partial charge >= 0.3 is 0 Å². The molecule has 0 fully saturated rings. The predicted molar refractivity (Wildman–Crippen MR) is 73.6 cm³/mol. The highest BCUT2D eigenvalue weighted by molar-refractivity contribution is 7.99. The molecule has 98 valence electrons. The summed E-state index contributed by atoms with van der Waals surface area (Å²) in [6.07, 6.45) is 2.94. The first kappa shape index (κ1) is 14.8. The fourth-order valence-corrected chi connectivity index (χ4v) is 2.44. The van der Waals surface area contributed by atoms with E-state index in [-0.39, 0.29) is 11.0 Å². The van der Waals surface area contributed by atoms with Crippen molar-refractivity contribution >= 4 is 11.8 Å². The Bertz CT molecular complexity index is 488. The molecule has 1 N–H and O–H groups in total. The highest BCUT2D eigenvalue weighted by Gasteiger charge is 2.15. The minimum atomic E-state index is -0.236. The van der Waals surface area contributed by atoms with Gasteiger partial charge in [-0.1, -0.05) is 18.2 Å². The Morgan fingerprint density at radius 3 is 2.83 bits per heavy atom. The molecule has 0 aliphatic heterocycles. The Morgan fingerprint density at radius 2 is 2.22 bits per heavy atom. The fraction of sp³-hybridized carbons (Fsp3) is 0.615. The first-order valence-electron chi connectivity index (χ1n) is 6.05. The average Bonchev–Trinajstić information content (AvgIpc) is 2.27. The zero-order valence-electron chi connectivity index (χ0n) is 11.1. The number of thioether (sulfide) groups is 1. The maximum absolute atomic E-state index is 11.2. The number of rotatable bonds is 6. The molecule has 4 nitrogen and oxygen atoms in total. The molecule has 0 saturated heterocycles. The van der Waals surface area contributed by atoms with Crippen molar-refractivity contribution in [3.05, 3.63) is 22.1 Å². The second kappa shape index (κ2) is 6.60. The maximum Gasteiger partial charge on any atom is 0.251 e. The molecule has 18 heavy (non-hydrogen) atoms.